The Labute approximate surface area is 76.4 Å². The lowest BCUT2D eigenvalue weighted by atomic mass is 10.1. The van der Waals surface area contributed by atoms with Crippen molar-refractivity contribution < 1.29 is 0 Å². The molecule has 1 aliphatic rings. The van der Waals surface area contributed by atoms with Crippen LogP contribution < -0.4 is 0 Å². The monoisotopic (exact) mass is 164 g/mol. The molecule has 0 bridgehead atoms. The molecule has 0 amide bonds. The van der Waals surface area contributed by atoms with E-state index in [1.807, 2.05) is 0 Å². The average Bonchev–Trinajstić information content (AvgIpc) is 2.11. The molecule has 0 aliphatic heterocycles. The van der Waals surface area contributed by atoms with E-state index in [-0.39, 0.29) is 0 Å². The van der Waals surface area contributed by atoms with Crippen LogP contribution in [0.4, 0.5) is 0 Å². The van der Waals surface area contributed by atoms with Crippen molar-refractivity contribution in [2.45, 2.75) is 51.9 Å². The van der Waals surface area contributed by atoms with Gasteiger partial charge in [-0.3, -0.25) is 0 Å². The van der Waals surface area contributed by atoms with Crippen LogP contribution in [0.5, 0.6) is 0 Å². The molecule has 0 N–H and O–H groups in total. The van der Waals surface area contributed by atoms with Crippen molar-refractivity contribution in [1.82, 2.24) is 0 Å². The van der Waals surface area contributed by atoms with Crippen molar-refractivity contribution in [3.63, 3.8) is 0 Å². The van der Waals surface area contributed by atoms with Crippen LogP contribution in [-0.2, 0) is 0 Å². The number of hydrogen-bond donors (Lipinski definition) is 0. The van der Waals surface area contributed by atoms with Gasteiger partial charge in [-0.25, -0.2) is 0 Å². The van der Waals surface area contributed by atoms with E-state index in [0.717, 1.165) is 6.42 Å². The van der Waals surface area contributed by atoms with Crippen molar-refractivity contribution in [1.29, 1.82) is 0 Å². The minimum absolute atomic E-state index is 1.14. The maximum Gasteiger partial charge on any atom is -0.0167 e. The molecule has 0 aromatic rings. The first-order chi connectivity index (χ1) is 5.89. The van der Waals surface area contributed by atoms with Crippen LogP contribution in [0.1, 0.15) is 51.9 Å². The highest BCUT2D eigenvalue weighted by molar-refractivity contribution is 5.02. The second kappa shape index (κ2) is 6.05. The number of hydrogen-bond acceptors (Lipinski definition) is 0. The number of rotatable bonds is 0. The van der Waals surface area contributed by atoms with Gasteiger partial charge in [-0.05, 0) is 39.0 Å². The Morgan fingerprint density at radius 2 is 1.83 bits per heavy atom. The zero-order chi connectivity index (χ0) is 8.65. The summed E-state index contributed by atoms with van der Waals surface area (Å²) >= 11 is 0. The Morgan fingerprint density at radius 1 is 1.00 bits per heavy atom. The molecule has 0 spiro atoms. The van der Waals surface area contributed by atoms with Crippen LogP contribution in [-0.4, -0.2) is 0 Å². The van der Waals surface area contributed by atoms with Gasteiger partial charge in [0.2, 0.25) is 0 Å². The second-order valence-corrected chi connectivity index (χ2v) is 3.71. The Kier molecular flexibility index (Phi) is 4.82. The normalized spacial score (nSPS) is 21.2. The van der Waals surface area contributed by atoms with E-state index < -0.39 is 0 Å². The van der Waals surface area contributed by atoms with Crippen molar-refractivity contribution in [3.8, 4) is 0 Å². The lowest BCUT2D eigenvalue weighted by Crippen LogP contribution is -1.79. The van der Waals surface area contributed by atoms with E-state index in [4.69, 9.17) is 0 Å². The Balaban J connectivity index is 2.35. The Hall–Kier alpha value is -0.520. The van der Waals surface area contributed by atoms with E-state index in [9.17, 15) is 0 Å². The standard InChI is InChI=1S/C12H20/c1-12-10-8-6-4-2-3-5-7-9-11-12/h4,6,10H,2-3,5,7-9,11H2,1H3. The molecule has 0 aromatic carbocycles. The molecule has 0 nitrogen and oxygen atoms in total. The predicted molar refractivity (Wildman–Crippen MR) is 55.2 cm³/mol. The molecule has 0 saturated heterocycles. The van der Waals surface area contributed by atoms with Crippen LogP contribution in [0, 0.1) is 0 Å². The zero-order valence-electron chi connectivity index (χ0n) is 8.18. The second-order valence-electron chi connectivity index (χ2n) is 3.71. The molecular formula is C12H20. The van der Waals surface area contributed by atoms with Gasteiger partial charge in [-0.15, -0.1) is 0 Å². The largest absolute Gasteiger partial charge is 0.0882 e. The summed E-state index contributed by atoms with van der Waals surface area (Å²) in [7, 11) is 0. The maximum atomic E-state index is 2.36. The summed E-state index contributed by atoms with van der Waals surface area (Å²) < 4.78 is 0. The van der Waals surface area contributed by atoms with E-state index in [1.54, 1.807) is 5.57 Å². The number of allylic oxidation sites excluding steroid dienone is 4. The molecule has 0 heterocycles. The topological polar surface area (TPSA) is 0 Å². The quantitative estimate of drug-likeness (QED) is 0.470. The van der Waals surface area contributed by atoms with E-state index >= 15 is 0 Å². The summed E-state index contributed by atoms with van der Waals surface area (Å²) in [5.74, 6) is 0. The van der Waals surface area contributed by atoms with Gasteiger partial charge in [0.05, 0.1) is 0 Å². The van der Waals surface area contributed by atoms with Gasteiger partial charge in [0, 0.05) is 0 Å². The fourth-order valence-corrected chi connectivity index (χ4v) is 1.60. The first-order valence-corrected chi connectivity index (χ1v) is 5.20. The summed E-state index contributed by atoms with van der Waals surface area (Å²) in [6.07, 6.45) is 16.3. The SMILES string of the molecule is CC1=CCC=CCCCCCC1. The molecule has 68 valence electrons. The third-order valence-electron chi connectivity index (χ3n) is 2.46. The molecular weight excluding hydrogens is 144 g/mol. The van der Waals surface area contributed by atoms with Gasteiger partial charge in [-0.1, -0.05) is 36.6 Å². The molecule has 0 aromatic heterocycles. The Bertz CT molecular complexity index is 163. The average molecular weight is 164 g/mol. The molecule has 0 saturated carbocycles. The third-order valence-corrected chi connectivity index (χ3v) is 2.46. The van der Waals surface area contributed by atoms with Gasteiger partial charge in [0.1, 0.15) is 0 Å². The summed E-state index contributed by atoms with van der Waals surface area (Å²) in [5, 5.41) is 0. The highest BCUT2D eigenvalue weighted by Crippen LogP contribution is 2.13. The van der Waals surface area contributed by atoms with E-state index in [0.29, 0.717) is 0 Å². The Morgan fingerprint density at radius 3 is 2.75 bits per heavy atom. The third kappa shape index (κ3) is 4.38. The molecule has 0 heteroatoms. The smallest absolute Gasteiger partial charge is 0.0167 e. The maximum absolute atomic E-state index is 2.36. The van der Waals surface area contributed by atoms with Crippen molar-refractivity contribution in [2.24, 2.45) is 0 Å². The fraction of sp³-hybridized carbons (Fsp3) is 0.667. The lowest BCUT2D eigenvalue weighted by Gasteiger charge is -1.99. The molecule has 1 rings (SSSR count). The van der Waals surface area contributed by atoms with Crippen LogP contribution in [0.2, 0.25) is 0 Å². The van der Waals surface area contributed by atoms with Gasteiger partial charge in [0.25, 0.3) is 0 Å². The minimum Gasteiger partial charge on any atom is -0.0882 e. The summed E-state index contributed by atoms with van der Waals surface area (Å²) in [5.41, 5.74) is 1.57. The van der Waals surface area contributed by atoms with Crippen LogP contribution in [0.3, 0.4) is 0 Å². The van der Waals surface area contributed by atoms with Crippen molar-refractivity contribution in [2.75, 3.05) is 0 Å². The molecule has 12 heavy (non-hydrogen) atoms. The van der Waals surface area contributed by atoms with E-state index in [2.05, 4.69) is 25.2 Å². The first kappa shape index (κ1) is 9.57. The summed E-state index contributed by atoms with van der Waals surface area (Å²) in [4.78, 5) is 0. The first-order valence-electron chi connectivity index (χ1n) is 5.20. The van der Waals surface area contributed by atoms with E-state index in [1.165, 1.54) is 38.5 Å². The lowest BCUT2D eigenvalue weighted by molar-refractivity contribution is 0.645. The highest BCUT2D eigenvalue weighted by Gasteiger charge is 1.92. The van der Waals surface area contributed by atoms with Crippen molar-refractivity contribution in [3.05, 3.63) is 23.8 Å². The summed E-state index contributed by atoms with van der Waals surface area (Å²) in [6, 6.07) is 0. The van der Waals surface area contributed by atoms with Gasteiger partial charge < -0.3 is 0 Å². The van der Waals surface area contributed by atoms with Crippen LogP contribution >= 0.6 is 0 Å². The highest BCUT2D eigenvalue weighted by atomic mass is 14.0. The van der Waals surface area contributed by atoms with Gasteiger partial charge in [0.15, 0.2) is 0 Å². The van der Waals surface area contributed by atoms with Gasteiger partial charge >= 0.3 is 0 Å². The van der Waals surface area contributed by atoms with Crippen LogP contribution in [0.25, 0.3) is 0 Å². The molecule has 0 atom stereocenters. The van der Waals surface area contributed by atoms with Crippen molar-refractivity contribution >= 4 is 0 Å². The van der Waals surface area contributed by atoms with Gasteiger partial charge in [-0.2, -0.15) is 0 Å². The fourth-order valence-electron chi connectivity index (χ4n) is 1.60. The molecule has 1 aliphatic carbocycles. The zero-order valence-corrected chi connectivity index (χ0v) is 8.18. The van der Waals surface area contributed by atoms with Crippen LogP contribution in [0.15, 0.2) is 23.8 Å². The molecule has 0 unspecified atom stereocenters. The predicted octanol–water partition coefficient (Wildman–Crippen LogP) is 4.23. The molecule has 0 fully saturated rings. The molecule has 0 radical (unpaired) electrons. The minimum atomic E-state index is 1.14. The summed E-state index contributed by atoms with van der Waals surface area (Å²) in [6.45, 7) is 2.26.